The van der Waals surface area contributed by atoms with E-state index in [-0.39, 0.29) is 12.8 Å². The highest BCUT2D eigenvalue weighted by Crippen LogP contribution is 1.93. The maximum absolute atomic E-state index is 10.7. The normalized spacial score (nSPS) is 12.1. The average molecular weight is 322 g/mol. The number of ether oxygens (including phenoxy) is 1. The van der Waals surface area contributed by atoms with E-state index in [0.717, 1.165) is 6.92 Å². The van der Waals surface area contributed by atoms with Crippen LogP contribution in [0.4, 0.5) is 0 Å². The molecule has 0 aliphatic carbocycles. The van der Waals surface area contributed by atoms with Crippen LogP contribution in [0, 0.1) is 0 Å². The van der Waals surface area contributed by atoms with E-state index >= 15 is 0 Å². The highest BCUT2D eigenvalue weighted by Gasteiger charge is 2.19. The van der Waals surface area contributed by atoms with Crippen molar-refractivity contribution in [1.29, 1.82) is 0 Å². The highest BCUT2D eigenvalue weighted by molar-refractivity contribution is 5.89. The number of nitrogens with two attached hydrogens (primary N) is 2. The van der Waals surface area contributed by atoms with Crippen LogP contribution in [0.3, 0.4) is 0 Å². The SMILES string of the molecule is CC(=O)OC(=O)C(N)CC(=O)O.NC(CCC(=O)O)C(=O)O. The Hall–Kier alpha value is -2.53. The number of esters is 2. The molecule has 0 saturated heterocycles. The Morgan fingerprint density at radius 1 is 0.955 bits per heavy atom. The maximum atomic E-state index is 10.7. The zero-order valence-electron chi connectivity index (χ0n) is 11.7. The molecular formula is C11H18N2O9. The number of hydrogen-bond acceptors (Lipinski definition) is 8. The van der Waals surface area contributed by atoms with E-state index in [4.69, 9.17) is 26.8 Å². The summed E-state index contributed by atoms with van der Waals surface area (Å²) < 4.78 is 4.05. The van der Waals surface area contributed by atoms with Crippen LogP contribution in [-0.2, 0) is 28.7 Å². The van der Waals surface area contributed by atoms with Crippen LogP contribution in [0.25, 0.3) is 0 Å². The van der Waals surface area contributed by atoms with Crippen molar-refractivity contribution in [3.05, 3.63) is 0 Å². The molecule has 0 saturated carbocycles. The van der Waals surface area contributed by atoms with E-state index < -0.39 is 48.4 Å². The largest absolute Gasteiger partial charge is 0.481 e. The quantitative estimate of drug-likeness (QED) is 0.259. The van der Waals surface area contributed by atoms with E-state index in [2.05, 4.69) is 4.74 Å². The van der Waals surface area contributed by atoms with Gasteiger partial charge in [0.05, 0.1) is 6.42 Å². The first-order valence-corrected chi connectivity index (χ1v) is 5.87. The fourth-order valence-electron chi connectivity index (χ4n) is 0.891. The molecule has 2 atom stereocenters. The average Bonchev–Trinajstić information content (AvgIpc) is 2.34. The number of carboxylic acids is 3. The van der Waals surface area contributed by atoms with Crippen molar-refractivity contribution in [2.24, 2.45) is 11.5 Å². The molecule has 22 heavy (non-hydrogen) atoms. The van der Waals surface area contributed by atoms with Gasteiger partial charge in [-0.25, -0.2) is 4.79 Å². The van der Waals surface area contributed by atoms with E-state index in [0.29, 0.717) is 0 Å². The molecule has 126 valence electrons. The second-order valence-electron chi connectivity index (χ2n) is 3.99. The summed E-state index contributed by atoms with van der Waals surface area (Å²) >= 11 is 0. The van der Waals surface area contributed by atoms with Crippen molar-refractivity contribution in [2.45, 2.75) is 38.3 Å². The maximum Gasteiger partial charge on any atom is 0.331 e. The van der Waals surface area contributed by atoms with Crippen LogP contribution >= 0.6 is 0 Å². The monoisotopic (exact) mass is 322 g/mol. The van der Waals surface area contributed by atoms with Gasteiger partial charge < -0.3 is 31.5 Å². The predicted octanol–water partition coefficient (Wildman–Crippen LogP) is -1.86. The molecule has 11 nitrogen and oxygen atoms in total. The van der Waals surface area contributed by atoms with E-state index in [1.54, 1.807) is 0 Å². The van der Waals surface area contributed by atoms with Crippen LogP contribution in [-0.4, -0.2) is 57.2 Å². The summed E-state index contributed by atoms with van der Waals surface area (Å²) in [5, 5.41) is 24.5. The summed E-state index contributed by atoms with van der Waals surface area (Å²) in [6.07, 6.45) is -0.774. The fourth-order valence-corrected chi connectivity index (χ4v) is 0.891. The molecule has 11 heteroatoms. The summed E-state index contributed by atoms with van der Waals surface area (Å²) in [5.41, 5.74) is 10.1. The molecular weight excluding hydrogens is 304 g/mol. The van der Waals surface area contributed by atoms with Gasteiger partial charge in [0.1, 0.15) is 12.1 Å². The third kappa shape index (κ3) is 13.9. The van der Waals surface area contributed by atoms with Gasteiger partial charge >= 0.3 is 29.8 Å². The van der Waals surface area contributed by atoms with Crippen LogP contribution in [0.1, 0.15) is 26.2 Å². The van der Waals surface area contributed by atoms with Crippen molar-refractivity contribution in [3.63, 3.8) is 0 Å². The van der Waals surface area contributed by atoms with Crippen molar-refractivity contribution in [3.8, 4) is 0 Å². The Bertz CT molecular complexity index is 435. The van der Waals surface area contributed by atoms with Crippen molar-refractivity contribution in [2.75, 3.05) is 0 Å². The van der Waals surface area contributed by atoms with Crippen LogP contribution in [0.5, 0.6) is 0 Å². The second-order valence-corrected chi connectivity index (χ2v) is 3.99. The predicted molar refractivity (Wildman–Crippen MR) is 69.5 cm³/mol. The Kier molecular flexibility index (Phi) is 11.0. The molecule has 0 aliphatic heterocycles. The molecule has 7 N–H and O–H groups in total. The molecule has 2 unspecified atom stereocenters. The van der Waals surface area contributed by atoms with Crippen molar-refractivity contribution >= 4 is 29.8 Å². The third-order valence-corrected chi connectivity index (χ3v) is 1.93. The van der Waals surface area contributed by atoms with Gasteiger partial charge in [0.15, 0.2) is 0 Å². The lowest BCUT2D eigenvalue weighted by molar-refractivity contribution is -0.160. The van der Waals surface area contributed by atoms with Crippen LogP contribution in [0.15, 0.2) is 0 Å². The van der Waals surface area contributed by atoms with Gasteiger partial charge in [0.2, 0.25) is 0 Å². The Morgan fingerprint density at radius 2 is 1.45 bits per heavy atom. The summed E-state index contributed by atoms with van der Waals surface area (Å²) in [6.45, 7) is 1.03. The first-order chi connectivity index (χ1) is 9.97. The van der Waals surface area contributed by atoms with Gasteiger partial charge in [-0.1, -0.05) is 0 Å². The third-order valence-electron chi connectivity index (χ3n) is 1.93. The molecule has 0 aromatic carbocycles. The lowest BCUT2D eigenvalue weighted by atomic mass is 10.2. The Morgan fingerprint density at radius 3 is 1.77 bits per heavy atom. The summed E-state index contributed by atoms with van der Waals surface area (Å²) in [7, 11) is 0. The zero-order chi connectivity index (χ0) is 17.9. The van der Waals surface area contributed by atoms with Crippen LogP contribution in [0.2, 0.25) is 0 Å². The number of rotatable bonds is 7. The molecule has 0 aliphatic rings. The number of carbonyl (C=O) groups is 5. The molecule has 0 aromatic rings. The molecule has 0 spiro atoms. The lowest BCUT2D eigenvalue weighted by Crippen LogP contribution is -2.35. The van der Waals surface area contributed by atoms with Crippen molar-refractivity contribution < 1.29 is 44.0 Å². The van der Waals surface area contributed by atoms with Gasteiger partial charge in [-0.05, 0) is 6.42 Å². The minimum atomic E-state index is -1.29. The van der Waals surface area contributed by atoms with Gasteiger partial charge in [0, 0.05) is 13.3 Å². The Balaban J connectivity index is 0. The number of hydrogen-bond donors (Lipinski definition) is 5. The molecule has 0 aromatic heterocycles. The zero-order valence-corrected chi connectivity index (χ0v) is 11.7. The smallest absolute Gasteiger partial charge is 0.331 e. The standard InChI is InChI=1S/C6H9NO5.C5H9NO4/c1-3(8)12-6(11)4(7)2-5(9)10;6-3(5(9)10)1-2-4(7)8/h4H,2,7H2,1H3,(H,9,10);3H,1-2,6H2,(H,7,8)(H,9,10). The molecule has 0 heterocycles. The highest BCUT2D eigenvalue weighted by atomic mass is 16.6. The van der Waals surface area contributed by atoms with Crippen molar-refractivity contribution in [1.82, 2.24) is 0 Å². The van der Waals surface area contributed by atoms with Gasteiger partial charge in [-0.3, -0.25) is 19.2 Å². The number of aliphatic carboxylic acids is 3. The second kappa shape index (κ2) is 11.2. The van der Waals surface area contributed by atoms with E-state index in [1.165, 1.54) is 0 Å². The number of carbonyl (C=O) groups excluding carboxylic acids is 2. The first-order valence-electron chi connectivity index (χ1n) is 5.87. The minimum Gasteiger partial charge on any atom is -0.481 e. The van der Waals surface area contributed by atoms with E-state index in [9.17, 15) is 24.0 Å². The van der Waals surface area contributed by atoms with Gasteiger partial charge in [0.25, 0.3) is 0 Å². The van der Waals surface area contributed by atoms with Gasteiger partial charge in [-0.2, -0.15) is 0 Å². The lowest BCUT2D eigenvalue weighted by Gasteiger charge is -2.05. The summed E-state index contributed by atoms with van der Waals surface area (Å²) in [6, 6.07) is -2.34. The topological polar surface area (TPSA) is 207 Å². The minimum absolute atomic E-state index is 0.0231. The Labute approximate surface area is 124 Å². The summed E-state index contributed by atoms with van der Waals surface area (Å²) in [4.78, 5) is 50.8. The molecule has 0 radical (unpaired) electrons. The molecule has 0 amide bonds. The van der Waals surface area contributed by atoms with E-state index in [1.807, 2.05) is 0 Å². The molecule has 0 bridgehead atoms. The fraction of sp³-hybridized carbons (Fsp3) is 0.545. The number of carboxylic acid groups (broad SMARTS) is 3. The molecule has 0 rings (SSSR count). The summed E-state index contributed by atoms with van der Waals surface area (Å²) in [5.74, 6) is -5.24. The van der Waals surface area contributed by atoms with Gasteiger partial charge in [-0.15, -0.1) is 0 Å². The van der Waals surface area contributed by atoms with Crippen LogP contribution < -0.4 is 11.5 Å². The molecule has 0 fully saturated rings. The first kappa shape index (κ1) is 21.8.